The molecule has 0 bridgehead atoms. The molecule has 0 saturated heterocycles. The van der Waals surface area contributed by atoms with E-state index in [0.29, 0.717) is 0 Å². The number of hydrogen-bond donors (Lipinski definition) is 0. The maximum absolute atomic E-state index is 9.53. The van der Waals surface area contributed by atoms with Gasteiger partial charge in [0.1, 0.15) is 0 Å². The van der Waals surface area contributed by atoms with Crippen molar-refractivity contribution in [1.82, 2.24) is 4.98 Å². The van der Waals surface area contributed by atoms with Crippen LogP contribution in [0, 0.1) is 16.9 Å². The Kier molecular flexibility index (Phi) is 4.71. The predicted octanol–water partition coefficient (Wildman–Crippen LogP) is 5.70. The minimum atomic E-state index is -0.0434. The molecule has 1 spiro atoms. The lowest BCUT2D eigenvalue weighted by Crippen LogP contribution is -2.29. The molecule has 0 unspecified atom stereocenters. The van der Waals surface area contributed by atoms with Gasteiger partial charge in [0, 0.05) is 28.4 Å². The first-order valence-corrected chi connectivity index (χ1v) is 10.9. The lowest BCUT2D eigenvalue weighted by atomic mass is 9.76. The van der Waals surface area contributed by atoms with Crippen LogP contribution in [0.1, 0.15) is 47.7 Å². The summed E-state index contributed by atoms with van der Waals surface area (Å²) in [7, 11) is 0. The van der Waals surface area contributed by atoms with Crippen LogP contribution in [-0.4, -0.2) is 10.7 Å². The van der Waals surface area contributed by atoms with E-state index in [9.17, 15) is 5.26 Å². The van der Waals surface area contributed by atoms with Gasteiger partial charge in [-0.3, -0.25) is 4.98 Å². The number of pyridine rings is 1. The van der Waals surface area contributed by atoms with E-state index in [1.54, 1.807) is 0 Å². The lowest BCUT2D eigenvalue weighted by molar-refractivity contribution is 0.376. The highest BCUT2D eigenvalue weighted by molar-refractivity contribution is 6.10. The number of nitrogens with zero attached hydrogens (tertiary/aromatic N) is 3. The Balaban J connectivity index is 1.57. The standard InChI is InChI=1S/C27H25N3/c1-2-25-23(8-5-15-29-25)21-9-10-22-17-27(26(30-18-28)24(22)16-21)13-11-19-6-3-4-7-20(19)12-14-27/h3-10,15-16H,2,11-14,17H2,1H3. The predicted molar refractivity (Wildman–Crippen MR) is 120 cm³/mol. The third-order valence-electron chi connectivity index (χ3n) is 6.96. The summed E-state index contributed by atoms with van der Waals surface area (Å²) < 4.78 is 0. The maximum Gasteiger partial charge on any atom is 0.205 e. The van der Waals surface area contributed by atoms with Crippen molar-refractivity contribution in [3.8, 4) is 17.3 Å². The van der Waals surface area contributed by atoms with Crippen molar-refractivity contribution in [3.63, 3.8) is 0 Å². The van der Waals surface area contributed by atoms with Gasteiger partial charge >= 0.3 is 0 Å². The van der Waals surface area contributed by atoms with E-state index in [-0.39, 0.29) is 5.41 Å². The quantitative estimate of drug-likeness (QED) is 0.526. The van der Waals surface area contributed by atoms with Crippen LogP contribution < -0.4 is 0 Å². The topological polar surface area (TPSA) is 49.0 Å². The van der Waals surface area contributed by atoms with Crippen molar-refractivity contribution in [3.05, 3.63) is 88.7 Å². The summed E-state index contributed by atoms with van der Waals surface area (Å²) in [6, 6.07) is 19.6. The number of aryl methyl sites for hydroxylation is 3. The van der Waals surface area contributed by atoms with Crippen molar-refractivity contribution in [2.75, 3.05) is 0 Å². The molecule has 1 aromatic heterocycles. The van der Waals surface area contributed by atoms with Crippen molar-refractivity contribution < 1.29 is 0 Å². The molecule has 0 N–H and O–H groups in total. The fourth-order valence-electron chi connectivity index (χ4n) is 5.40. The van der Waals surface area contributed by atoms with E-state index in [1.807, 2.05) is 12.3 Å². The number of hydrogen-bond acceptors (Lipinski definition) is 3. The second-order valence-corrected chi connectivity index (χ2v) is 8.51. The van der Waals surface area contributed by atoms with Gasteiger partial charge in [-0.1, -0.05) is 49.4 Å². The van der Waals surface area contributed by atoms with Gasteiger partial charge in [-0.2, -0.15) is 10.3 Å². The normalized spacial score (nSPS) is 17.9. The third-order valence-corrected chi connectivity index (χ3v) is 6.96. The third kappa shape index (κ3) is 3.04. The molecule has 0 atom stereocenters. The smallest absolute Gasteiger partial charge is 0.205 e. The summed E-state index contributed by atoms with van der Waals surface area (Å²) >= 11 is 0. The first-order valence-electron chi connectivity index (χ1n) is 10.9. The number of fused-ring (bicyclic) bond motifs is 2. The summed E-state index contributed by atoms with van der Waals surface area (Å²) in [5, 5.41) is 9.53. The first-order chi connectivity index (χ1) is 14.7. The minimum absolute atomic E-state index is 0.0434. The number of aliphatic imine (C=N–C) groups is 1. The Labute approximate surface area is 178 Å². The number of nitriles is 1. The van der Waals surface area contributed by atoms with Gasteiger partial charge in [0.15, 0.2) is 0 Å². The van der Waals surface area contributed by atoms with Crippen LogP contribution >= 0.6 is 0 Å². The highest BCUT2D eigenvalue weighted by Crippen LogP contribution is 2.47. The van der Waals surface area contributed by atoms with Crippen LogP contribution in [0.5, 0.6) is 0 Å². The molecule has 1 heterocycles. The SMILES string of the molecule is CCc1ncccc1-c1ccc2c(c1)C(=NC#N)C1(CCc3ccccc3CC1)C2. The van der Waals surface area contributed by atoms with Crippen molar-refractivity contribution in [2.45, 2.75) is 45.4 Å². The zero-order chi connectivity index (χ0) is 20.6. The maximum atomic E-state index is 9.53. The van der Waals surface area contributed by atoms with Crippen LogP contribution in [0.2, 0.25) is 0 Å². The summed E-state index contributed by atoms with van der Waals surface area (Å²) in [6.07, 6.45) is 10.0. The van der Waals surface area contributed by atoms with E-state index in [2.05, 4.69) is 71.6 Å². The van der Waals surface area contributed by atoms with Crippen LogP contribution in [0.4, 0.5) is 0 Å². The van der Waals surface area contributed by atoms with E-state index in [4.69, 9.17) is 0 Å². The minimum Gasteiger partial charge on any atom is -0.261 e. The Morgan fingerprint density at radius 1 is 0.967 bits per heavy atom. The average Bonchev–Trinajstić information content (AvgIpc) is 2.96. The molecule has 0 aliphatic heterocycles. The molecule has 3 aromatic rings. The molecule has 30 heavy (non-hydrogen) atoms. The molecule has 2 aromatic carbocycles. The lowest BCUT2D eigenvalue weighted by Gasteiger charge is -2.28. The monoisotopic (exact) mass is 391 g/mol. The molecule has 2 aliphatic carbocycles. The van der Waals surface area contributed by atoms with E-state index < -0.39 is 0 Å². The molecule has 5 rings (SSSR count). The molecule has 2 aliphatic rings. The summed E-state index contributed by atoms with van der Waals surface area (Å²) in [4.78, 5) is 8.99. The fourth-order valence-corrected chi connectivity index (χ4v) is 5.40. The highest BCUT2D eigenvalue weighted by Gasteiger charge is 2.44. The Morgan fingerprint density at radius 3 is 2.43 bits per heavy atom. The van der Waals surface area contributed by atoms with Gasteiger partial charge < -0.3 is 0 Å². The van der Waals surface area contributed by atoms with Crippen molar-refractivity contribution in [1.29, 1.82) is 5.26 Å². The van der Waals surface area contributed by atoms with Crippen LogP contribution in [0.25, 0.3) is 11.1 Å². The second kappa shape index (κ2) is 7.54. The summed E-state index contributed by atoms with van der Waals surface area (Å²) in [6.45, 7) is 2.14. The zero-order valence-electron chi connectivity index (χ0n) is 17.4. The van der Waals surface area contributed by atoms with Crippen LogP contribution in [-0.2, 0) is 25.7 Å². The molecule has 0 fully saturated rings. The number of aromatic nitrogens is 1. The molecule has 148 valence electrons. The molecule has 0 radical (unpaired) electrons. The van der Waals surface area contributed by atoms with Crippen molar-refractivity contribution in [2.24, 2.45) is 10.4 Å². The van der Waals surface area contributed by atoms with E-state index >= 15 is 0 Å². The van der Waals surface area contributed by atoms with Gasteiger partial charge in [-0.05, 0) is 72.9 Å². The number of benzene rings is 2. The number of rotatable bonds is 2. The van der Waals surface area contributed by atoms with Gasteiger partial charge in [0.2, 0.25) is 6.19 Å². The molecule has 0 saturated carbocycles. The first kappa shape index (κ1) is 18.8. The van der Waals surface area contributed by atoms with Crippen LogP contribution in [0.15, 0.2) is 65.8 Å². The van der Waals surface area contributed by atoms with Gasteiger partial charge in [-0.15, -0.1) is 0 Å². The molecule has 0 amide bonds. The van der Waals surface area contributed by atoms with E-state index in [0.717, 1.165) is 55.5 Å². The van der Waals surface area contributed by atoms with Crippen molar-refractivity contribution >= 4 is 5.71 Å². The van der Waals surface area contributed by atoms with Gasteiger partial charge in [-0.25, -0.2) is 0 Å². The Morgan fingerprint density at radius 2 is 1.73 bits per heavy atom. The van der Waals surface area contributed by atoms with Gasteiger partial charge in [0.05, 0.1) is 5.71 Å². The van der Waals surface area contributed by atoms with Crippen LogP contribution in [0.3, 0.4) is 0 Å². The zero-order valence-corrected chi connectivity index (χ0v) is 17.4. The Hall–Kier alpha value is -3.25. The molecule has 3 heteroatoms. The average molecular weight is 392 g/mol. The molecule has 3 nitrogen and oxygen atoms in total. The summed E-state index contributed by atoms with van der Waals surface area (Å²) in [5.41, 5.74) is 9.78. The molecular weight excluding hydrogens is 366 g/mol. The fraction of sp³-hybridized carbons (Fsp3) is 0.296. The van der Waals surface area contributed by atoms with Gasteiger partial charge in [0.25, 0.3) is 0 Å². The largest absolute Gasteiger partial charge is 0.261 e. The summed E-state index contributed by atoms with van der Waals surface area (Å²) in [5.74, 6) is 0. The molecular formula is C27H25N3. The van der Waals surface area contributed by atoms with E-state index in [1.165, 1.54) is 27.8 Å². The Bertz CT molecular complexity index is 1160. The highest BCUT2D eigenvalue weighted by atomic mass is 14.8. The second-order valence-electron chi connectivity index (χ2n) is 8.51.